The van der Waals surface area contributed by atoms with Gasteiger partial charge in [-0.1, -0.05) is 19.9 Å². The number of carbonyl (C=O) groups is 1. The number of carbonyl (C=O) groups excluding carboxylic acids is 1. The molecular formula is C19H25BrN4O2. The van der Waals surface area contributed by atoms with E-state index in [-0.39, 0.29) is 18.5 Å². The number of nitrogens with two attached hydrogens (primary N) is 1. The summed E-state index contributed by atoms with van der Waals surface area (Å²) in [6.07, 6.45) is 1.07. The Bertz CT molecular complexity index is 795. The van der Waals surface area contributed by atoms with Gasteiger partial charge in [0.15, 0.2) is 0 Å². The van der Waals surface area contributed by atoms with Crippen LogP contribution in [0, 0.1) is 6.92 Å². The third-order valence-corrected chi connectivity index (χ3v) is 4.87. The number of nitrogens with one attached hydrogen (secondary N) is 1. The average Bonchev–Trinajstić information content (AvgIpc) is 2.59. The van der Waals surface area contributed by atoms with Crippen LogP contribution in [0.3, 0.4) is 0 Å². The monoisotopic (exact) mass is 420 g/mol. The Morgan fingerprint density at radius 3 is 2.69 bits per heavy atom. The number of rotatable bonds is 7. The van der Waals surface area contributed by atoms with E-state index < -0.39 is 0 Å². The van der Waals surface area contributed by atoms with Crippen molar-refractivity contribution in [2.45, 2.75) is 46.6 Å². The first-order chi connectivity index (χ1) is 12.4. The predicted molar refractivity (Wildman–Crippen MR) is 106 cm³/mol. The van der Waals surface area contributed by atoms with Crippen LogP contribution in [0.5, 0.6) is 5.75 Å². The molecule has 7 heteroatoms. The van der Waals surface area contributed by atoms with E-state index in [1.54, 1.807) is 6.92 Å². The number of ether oxygens (including phenoxy) is 1. The number of hydrogen-bond donors (Lipinski definition) is 2. The Labute approximate surface area is 162 Å². The summed E-state index contributed by atoms with van der Waals surface area (Å²) >= 11 is 3.56. The van der Waals surface area contributed by atoms with Crippen molar-refractivity contribution in [3.8, 4) is 5.75 Å². The number of benzene rings is 1. The van der Waals surface area contributed by atoms with Crippen molar-refractivity contribution in [3.63, 3.8) is 0 Å². The van der Waals surface area contributed by atoms with Crippen LogP contribution in [-0.4, -0.2) is 22.4 Å². The van der Waals surface area contributed by atoms with Gasteiger partial charge in [0, 0.05) is 6.54 Å². The van der Waals surface area contributed by atoms with E-state index in [0.29, 0.717) is 35.2 Å². The molecule has 0 aliphatic carbocycles. The van der Waals surface area contributed by atoms with Gasteiger partial charge in [0.1, 0.15) is 12.4 Å². The van der Waals surface area contributed by atoms with Crippen molar-refractivity contribution >= 4 is 27.8 Å². The first-order valence-corrected chi connectivity index (χ1v) is 9.50. The molecule has 0 saturated carbocycles. The van der Waals surface area contributed by atoms with E-state index in [9.17, 15) is 4.79 Å². The number of amides is 1. The molecule has 0 bridgehead atoms. The number of aromatic nitrogens is 2. The minimum Gasteiger partial charge on any atom is -0.486 e. The molecule has 26 heavy (non-hydrogen) atoms. The second-order valence-corrected chi connectivity index (χ2v) is 6.99. The third kappa shape index (κ3) is 4.72. The summed E-state index contributed by atoms with van der Waals surface area (Å²) in [7, 11) is 0. The van der Waals surface area contributed by atoms with Crippen LogP contribution in [0.25, 0.3) is 0 Å². The number of halogens is 1. The van der Waals surface area contributed by atoms with Gasteiger partial charge in [0.25, 0.3) is 5.91 Å². The van der Waals surface area contributed by atoms with E-state index in [2.05, 4.69) is 57.2 Å². The number of nitrogen functional groups attached to an aromatic ring is 1. The summed E-state index contributed by atoms with van der Waals surface area (Å²) in [4.78, 5) is 20.6. The van der Waals surface area contributed by atoms with Gasteiger partial charge in [-0.15, -0.1) is 0 Å². The first-order valence-electron chi connectivity index (χ1n) is 8.70. The molecule has 0 spiro atoms. The van der Waals surface area contributed by atoms with E-state index >= 15 is 0 Å². The highest BCUT2D eigenvalue weighted by Gasteiger charge is 2.18. The topological polar surface area (TPSA) is 90.1 Å². The molecule has 1 aromatic heterocycles. The molecule has 6 nitrogen and oxygen atoms in total. The molecule has 0 aliphatic heterocycles. The van der Waals surface area contributed by atoms with Crippen LogP contribution in [-0.2, 0) is 6.61 Å². The van der Waals surface area contributed by atoms with Crippen molar-refractivity contribution in [2.24, 2.45) is 0 Å². The van der Waals surface area contributed by atoms with Crippen LogP contribution in [0.15, 0.2) is 22.7 Å². The van der Waals surface area contributed by atoms with Gasteiger partial charge in [-0.3, -0.25) is 4.79 Å². The second kappa shape index (κ2) is 8.98. The van der Waals surface area contributed by atoms with Crippen LogP contribution < -0.4 is 15.8 Å². The second-order valence-electron chi connectivity index (χ2n) is 6.14. The lowest BCUT2D eigenvalue weighted by Crippen LogP contribution is -2.26. The molecule has 2 rings (SSSR count). The number of hydrogen-bond acceptors (Lipinski definition) is 5. The van der Waals surface area contributed by atoms with Gasteiger partial charge < -0.3 is 15.8 Å². The van der Waals surface area contributed by atoms with Crippen LogP contribution in [0.1, 0.15) is 60.4 Å². The van der Waals surface area contributed by atoms with Gasteiger partial charge in [0.2, 0.25) is 5.95 Å². The zero-order valence-corrected chi connectivity index (χ0v) is 17.2. The number of anilines is 1. The fraction of sp³-hybridized carbons (Fsp3) is 0.421. The maximum absolute atomic E-state index is 12.3. The maximum atomic E-state index is 12.3. The van der Waals surface area contributed by atoms with E-state index in [1.165, 1.54) is 5.56 Å². The molecule has 1 heterocycles. The summed E-state index contributed by atoms with van der Waals surface area (Å²) in [6, 6.07) is 6.04. The normalized spacial score (nSPS) is 11.9. The van der Waals surface area contributed by atoms with Crippen LogP contribution in [0.4, 0.5) is 5.95 Å². The lowest BCUT2D eigenvalue weighted by Gasteiger charge is -2.15. The highest BCUT2D eigenvalue weighted by Crippen LogP contribution is 2.30. The summed E-state index contributed by atoms with van der Waals surface area (Å²) in [5.41, 5.74) is 8.42. The summed E-state index contributed by atoms with van der Waals surface area (Å²) in [6.45, 7) is 8.59. The summed E-state index contributed by atoms with van der Waals surface area (Å²) in [5, 5.41) is 2.77. The Hall–Kier alpha value is -2.15. The number of aryl methyl sites for hydroxylation is 1. The Kier molecular flexibility index (Phi) is 6.97. The molecular weight excluding hydrogens is 396 g/mol. The van der Waals surface area contributed by atoms with Gasteiger partial charge in [-0.2, -0.15) is 0 Å². The SMILES string of the molecule is CCNC(=O)c1c(C)nc(N)nc1COc1ccc(C(C)CC)cc1Br. The maximum Gasteiger partial charge on any atom is 0.255 e. The predicted octanol–water partition coefficient (Wildman–Crippen LogP) is 3.97. The molecule has 0 aliphatic rings. The van der Waals surface area contributed by atoms with Crippen molar-refractivity contribution in [2.75, 3.05) is 12.3 Å². The molecule has 0 saturated heterocycles. The van der Waals surface area contributed by atoms with Gasteiger partial charge in [-0.05, 0) is 59.8 Å². The smallest absolute Gasteiger partial charge is 0.255 e. The molecule has 0 fully saturated rings. The molecule has 3 N–H and O–H groups in total. The summed E-state index contributed by atoms with van der Waals surface area (Å²) < 4.78 is 6.77. The fourth-order valence-electron chi connectivity index (χ4n) is 2.63. The lowest BCUT2D eigenvalue weighted by molar-refractivity contribution is 0.0951. The van der Waals surface area contributed by atoms with E-state index in [0.717, 1.165) is 10.9 Å². The van der Waals surface area contributed by atoms with Crippen molar-refractivity contribution in [1.29, 1.82) is 0 Å². The number of nitrogens with zero attached hydrogens (tertiary/aromatic N) is 2. The largest absolute Gasteiger partial charge is 0.486 e. The van der Waals surface area contributed by atoms with Gasteiger partial charge in [0.05, 0.1) is 21.4 Å². The Morgan fingerprint density at radius 1 is 1.35 bits per heavy atom. The Morgan fingerprint density at radius 2 is 2.08 bits per heavy atom. The highest BCUT2D eigenvalue weighted by atomic mass is 79.9. The minimum absolute atomic E-state index is 0.125. The van der Waals surface area contributed by atoms with E-state index in [4.69, 9.17) is 10.5 Å². The van der Waals surface area contributed by atoms with Crippen LogP contribution >= 0.6 is 15.9 Å². The lowest BCUT2D eigenvalue weighted by atomic mass is 9.99. The zero-order chi connectivity index (χ0) is 19.3. The quantitative estimate of drug-likeness (QED) is 0.706. The van der Waals surface area contributed by atoms with E-state index in [1.807, 2.05) is 13.0 Å². The van der Waals surface area contributed by atoms with Gasteiger partial charge in [-0.25, -0.2) is 9.97 Å². The first kappa shape index (κ1) is 20.2. The highest BCUT2D eigenvalue weighted by molar-refractivity contribution is 9.10. The average molecular weight is 421 g/mol. The van der Waals surface area contributed by atoms with Crippen molar-refractivity contribution < 1.29 is 9.53 Å². The van der Waals surface area contributed by atoms with Crippen LogP contribution in [0.2, 0.25) is 0 Å². The fourth-order valence-corrected chi connectivity index (χ4v) is 3.14. The Balaban J connectivity index is 2.25. The molecule has 1 aromatic carbocycles. The zero-order valence-electron chi connectivity index (χ0n) is 15.6. The third-order valence-electron chi connectivity index (χ3n) is 4.25. The summed E-state index contributed by atoms with van der Waals surface area (Å²) in [5.74, 6) is 1.07. The van der Waals surface area contributed by atoms with Crippen molar-refractivity contribution in [1.82, 2.24) is 15.3 Å². The molecule has 1 atom stereocenters. The molecule has 1 amide bonds. The molecule has 0 radical (unpaired) electrons. The molecule has 2 aromatic rings. The standard InChI is InChI=1S/C19H25BrN4O2/c1-5-11(3)13-7-8-16(14(20)9-13)26-10-15-17(18(25)22-6-2)12(4)23-19(21)24-15/h7-9,11H,5-6,10H2,1-4H3,(H,22,25)(H2,21,23,24). The van der Waals surface area contributed by atoms with Crippen molar-refractivity contribution in [3.05, 3.63) is 45.2 Å². The minimum atomic E-state index is -0.227. The molecule has 1 unspecified atom stereocenters. The molecule has 140 valence electrons. The van der Waals surface area contributed by atoms with Gasteiger partial charge >= 0.3 is 0 Å².